The molecule has 0 aliphatic carbocycles. The van der Waals surface area contributed by atoms with Crippen LogP contribution in [0.5, 0.6) is 0 Å². The van der Waals surface area contributed by atoms with Crippen molar-refractivity contribution in [2.45, 2.75) is 88.5 Å². The van der Waals surface area contributed by atoms with Crippen LogP contribution >= 0.6 is 0 Å². The predicted octanol–water partition coefficient (Wildman–Crippen LogP) is 11.3. The van der Waals surface area contributed by atoms with Crippen molar-refractivity contribution in [3.8, 4) is 11.1 Å². The van der Waals surface area contributed by atoms with Gasteiger partial charge in [0.2, 0.25) is 0 Å². The minimum atomic E-state index is 0.984. The quantitative estimate of drug-likeness (QED) is 0.199. The number of aryl methyl sites for hydroxylation is 2. The van der Waals surface area contributed by atoms with E-state index in [1.54, 1.807) is 0 Å². The van der Waals surface area contributed by atoms with Gasteiger partial charge in [0.05, 0.1) is 5.71 Å². The predicted molar refractivity (Wildman–Crippen MR) is 169 cm³/mol. The summed E-state index contributed by atoms with van der Waals surface area (Å²) in [6.45, 7) is 28.3. The first-order chi connectivity index (χ1) is 17.3. The van der Waals surface area contributed by atoms with Crippen LogP contribution < -0.4 is 0 Å². The Labute approximate surface area is 224 Å². The van der Waals surface area contributed by atoms with Crippen LogP contribution in [0.1, 0.15) is 91.3 Å². The van der Waals surface area contributed by atoms with E-state index in [9.17, 15) is 0 Å². The first-order valence-corrected chi connectivity index (χ1v) is 13.5. The fourth-order valence-electron chi connectivity index (χ4n) is 3.38. The summed E-state index contributed by atoms with van der Waals surface area (Å²) in [6, 6.07) is 15.2. The molecule has 0 fully saturated rings. The molecule has 36 heavy (non-hydrogen) atoms. The number of benzene rings is 2. The largest absolute Gasteiger partial charge is 0.288 e. The van der Waals surface area contributed by atoms with Gasteiger partial charge in [0, 0.05) is 7.05 Å². The smallest absolute Gasteiger partial charge is 0.0645 e. The number of hydrogen-bond acceptors (Lipinski definition) is 1. The maximum absolute atomic E-state index is 4.41. The van der Waals surface area contributed by atoms with Gasteiger partial charge in [-0.25, -0.2) is 0 Å². The van der Waals surface area contributed by atoms with E-state index in [1.807, 2.05) is 47.7 Å². The van der Waals surface area contributed by atoms with E-state index in [4.69, 9.17) is 0 Å². The average molecular weight is 488 g/mol. The molecule has 0 atom stereocenters. The second-order valence-corrected chi connectivity index (χ2v) is 8.24. The highest BCUT2D eigenvalue weighted by Gasteiger charge is 2.05. The van der Waals surface area contributed by atoms with Gasteiger partial charge in [-0.1, -0.05) is 113 Å². The molecule has 0 unspecified atom stereocenters. The van der Waals surface area contributed by atoms with Crippen LogP contribution in [-0.2, 0) is 0 Å². The van der Waals surface area contributed by atoms with E-state index in [2.05, 4.69) is 107 Å². The SMILES string of the molecule is C=C(C)/C(C)=C/C(=NC)c1ccc(-c2ccc(C)cc2C)cc1.C=CCC/C(=C\C)CC.CC.CC. The summed E-state index contributed by atoms with van der Waals surface area (Å²) in [4.78, 5) is 4.41. The van der Waals surface area contributed by atoms with Crippen molar-refractivity contribution in [1.82, 2.24) is 0 Å². The Kier molecular flexibility index (Phi) is 20.9. The van der Waals surface area contributed by atoms with E-state index >= 15 is 0 Å². The standard InChI is InChI=1S/C22H25N.C9H16.2C2H6/c1-15(2)17(4)14-22(23-6)20-10-8-19(9-11-20)21-12-7-16(3)13-18(21)5;1-4-7-8-9(5-2)6-3;2*1-2/h7-14H,1H2,2-6H3;4-5H,1,6-8H2,2-3H3;2*1-2H3/b17-14+,23-22?;9-5-;;. The molecule has 0 saturated heterocycles. The average Bonchev–Trinajstić information content (AvgIpc) is 2.90. The zero-order valence-electron chi connectivity index (χ0n) is 25.3. The molecule has 0 saturated carbocycles. The van der Waals surface area contributed by atoms with Gasteiger partial charge in [-0.15, -0.1) is 6.58 Å². The van der Waals surface area contributed by atoms with Gasteiger partial charge in [0.25, 0.3) is 0 Å². The van der Waals surface area contributed by atoms with Crippen molar-refractivity contribution in [3.63, 3.8) is 0 Å². The fourth-order valence-corrected chi connectivity index (χ4v) is 3.38. The molecule has 1 nitrogen and oxygen atoms in total. The zero-order valence-corrected chi connectivity index (χ0v) is 25.3. The molecule has 0 aromatic heterocycles. The van der Waals surface area contributed by atoms with Crippen LogP contribution in [0.2, 0.25) is 0 Å². The highest BCUT2D eigenvalue weighted by molar-refractivity contribution is 6.09. The van der Waals surface area contributed by atoms with Gasteiger partial charge in [-0.2, -0.15) is 0 Å². The lowest BCUT2D eigenvalue weighted by Gasteiger charge is -2.09. The Bertz CT molecular complexity index is 982. The molecule has 198 valence electrons. The molecule has 0 heterocycles. The van der Waals surface area contributed by atoms with E-state index in [0.717, 1.165) is 28.8 Å². The molecule has 0 aliphatic heterocycles. The lowest BCUT2D eigenvalue weighted by Crippen LogP contribution is -1.98. The number of nitrogens with zero attached hydrogens (tertiary/aromatic N) is 1. The molecule has 0 N–H and O–H groups in total. The van der Waals surface area contributed by atoms with E-state index < -0.39 is 0 Å². The molecule has 2 aromatic carbocycles. The summed E-state index contributed by atoms with van der Waals surface area (Å²) >= 11 is 0. The first-order valence-electron chi connectivity index (χ1n) is 13.5. The van der Waals surface area contributed by atoms with Gasteiger partial charge in [0.1, 0.15) is 0 Å². The minimum absolute atomic E-state index is 0.984. The highest BCUT2D eigenvalue weighted by Crippen LogP contribution is 2.25. The van der Waals surface area contributed by atoms with Crippen LogP contribution in [0, 0.1) is 13.8 Å². The van der Waals surface area contributed by atoms with Crippen LogP contribution in [0.4, 0.5) is 0 Å². The molecular formula is C35H53N. The van der Waals surface area contributed by atoms with E-state index in [1.165, 1.54) is 40.7 Å². The van der Waals surface area contributed by atoms with Gasteiger partial charge in [0.15, 0.2) is 0 Å². The maximum Gasteiger partial charge on any atom is 0.0645 e. The third-order valence-corrected chi connectivity index (χ3v) is 5.67. The summed E-state index contributed by atoms with van der Waals surface area (Å²) in [5.74, 6) is 0. The minimum Gasteiger partial charge on any atom is -0.288 e. The lowest BCUT2D eigenvalue weighted by molar-refractivity contribution is 0.906. The summed E-state index contributed by atoms with van der Waals surface area (Å²) in [5.41, 5.74) is 11.0. The molecule has 0 radical (unpaired) electrons. The Morgan fingerprint density at radius 2 is 1.53 bits per heavy atom. The molecule has 0 spiro atoms. The molecule has 1 heteroatoms. The second-order valence-electron chi connectivity index (χ2n) is 8.24. The molecule has 0 bridgehead atoms. The Hall–Kier alpha value is -2.93. The number of rotatable bonds is 8. The fraction of sp³-hybridized carbons (Fsp3) is 0.400. The normalized spacial score (nSPS) is 11.1. The Morgan fingerprint density at radius 3 is 1.94 bits per heavy atom. The van der Waals surface area contributed by atoms with Crippen LogP contribution in [0.3, 0.4) is 0 Å². The van der Waals surface area contributed by atoms with Gasteiger partial charge in [-0.3, -0.25) is 4.99 Å². The van der Waals surface area contributed by atoms with Crippen molar-refractivity contribution in [1.29, 1.82) is 0 Å². The van der Waals surface area contributed by atoms with Crippen LogP contribution in [0.15, 0.2) is 95.6 Å². The molecular weight excluding hydrogens is 434 g/mol. The number of hydrogen-bond donors (Lipinski definition) is 0. The third kappa shape index (κ3) is 13.2. The number of allylic oxidation sites excluding steroid dienone is 6. The monoisotopic (exact) mass is 487 g/mol. The topological polar surface area (TPSA) is 12.4 Å². The molecule has 0 amide bonds. The van der Waals surface area contributed by atoms with Gasteiger partial charge < -0.3 is 0 Å². The zero-order chi connectivity index (χ0) is 28.1. The lowest BCUT2D eigenvalue weighted by atomic mass is 9.96. The van der Waals surface area contributed by atoms with Gasteiger partial charge in [-0.05, 0) is 87.8 Å². The van der Waals surface area contributed by atoms with Crippen LogP contribution in [0.25, 0.3) is 11.1 Å². The molecule has 2 rings (SSSR count). The van der Waals surface area contributed by atoms with Gasteiger partial charge >= 0.3 is 0 Å². The summed E-state index contributed by atoms with van der Waals surface area (Å²) in [6.07, 6.45) is 9.76. The van der Waals surface area contributed by atoms with Crippen molar-refractivity contribution >= 4 is 5.71 Å². The van der Waals surface area contributed by atoms with E-state index in [0.29, 0.717) is 0 Å². The second kappa shape index (κ2) is 21.4. The van der Waals surface area contributed by atoms with Crippen molar-refractivity contribution < 1.29 is 0 Å². The summed E-state index contributed by atoms with van der Waals surface area (Å²) < 4.78 is 0. The maximum atomic E-state index is 4.41. The highest BCUT2D eigenvalue weighted by atomic mass is 14.7. The summed E-state index contributed by atoms with van der Waals surface area (Å²) in [5, 5.41) is 0. The Morgan fingerprint density at radius 1 is 0.944 bits per heavy atom. The number of aliphatic imine (C=N–C) groups is 1. The van der Waals surface area contributed by atoms with Crippen molar-refractivity contribution in [2.75, 3.05) is 7.05 Å². The third-order valence-electron chi connectivity index (χ3n) is 5.67. The van der Waals surface area contributed by atoms with Crippen molar-refractivity contribution in [3.05, 3.63) is 107 Å². The molecule has 0 aliphatic rings. The van der Waals surface area contributed by atoms with Crippen molar-refractivity contribution in [2.24, 2.45) is 4.99 Å². The first kappa shape index (κ1) is 35.2. The van der Waals surface area contributed by atoms with E-state index in [-0.39, 0.29) is 0 Å². The van der Waals surface area contributed by atoms with Crippen LogP contribution in [-0.4, -0.2) is 12.8 Å². The summed E-state index contributed by atoms with van der Waals surface area (Å²) in [7, 11) is 1.83. The molecule has 2 aromatic rings. The Balaban J connectivity index is 0.